The van der Waals surface area contributed by atoms with E-state index >= 15 is 0 Å². The highest BCUT2D eigenvalue weighted by molar-refractivity contribution is 7.80. The second-order valence-corrected chi connectivity index (χ2v) is 6.71. The van der Waals surface area contributed by atoms with Gasteiger partial charge in [0.2, 0.25) is 0 Å². The van der Waals surface area contributed by atoms with E-state index in [1.54, 1.807) is 6.26 Å². The number of para-hydroxylation sites is 1. The summed E-state index contributed by atoms with van der Waals surface area (Å²) in [6, 6.07) is 12.3. The monoisotopic (exact) mass is 373 g/mol. The molecule has 0 saturated heterocycles. The van der Waals surface area contributed by atoms with Crippen molar-refractivity contribution >= 4 is 23.0 Å². The van der Waals surface area contributed by atoms with Crippen LogP contribution in [0, 0.1) is 0 Å². The Kier molecular flexibility index (Phi) is 8.65. The van der Waals surface area contributed by atoms with Crippen LogP contribution in [0.5, 0.6) is 0 Å². The Morgan fingerprint density at radius 2 is 1.81 bits per heavy atom. The molecule has 1 N–H and O–H groups in total. The van der Waals surface area contributed by atoms with Gasteiger partial charge >= 0.3 is 0 Å². The Hall–Kier alpha value is -1.85. The Labute approximate surface area is 163 Å². The third kappa shape index (κ3) is 6.15. The molecule has 0 amide bonds. The zero-order valence-electron chi connectivity index (χ0n) is 16.2. The van der Waals surface area contributed by atoms with E-state index in [4.69, 9.17) is 16.6 Å². The molecule has 0 unspecified atom stereocenters. The van der Waals surface area contributed by atoms with Gasteiger partial charge in [-0.1, -0.05) is 39.0 Å². The number of nitrogens with zero attached hydrogens (tertiary/aromatic N) is 2. The maximum atomic E-state index is 5.73. The Balaban J connectivity index is 2.02. The van der Waals surface area contributed by atoms with Crippen LogP contribution in [-0.2, 0) is 13.0 Å². The fourth-order valence-electron chi connectivity index (χ4n) is 3.01. The van der Waals surface area contributed by atoms with Crippen LogP contribution in [0.2, 0.25) is 0 Å². The predicted octanol–water partition coefficient (Wildman–Crippen LogP) is 4.77. The molecule has 26 heavy (non-hydrogen) atoms. The van der Waals surface area contributed by atoms with Gasteiger partial charge in [-0.3, -0.25) is 0 Å². The molecule has 0 fully saturated rings. The summed E-state index contributed by atoms with van der Waals surface area (Å²) < 4.78 is 5.54. The number of rotatable bonds is 10. The number of thiocarbonyl (C=S) groups is 1. The maximum Gasteiger partial charge on any atom is 0.173 e. The molecule has 0 saturated carbocycles. The van der Waals surface area contributed by atoms with Crippen LogP contribution in [-0.4, -0.2) is 41.1 Å². The highest BCUT2D eigenvalue weighted by atomic mass is 32.1. The molecule has 1 aromatic carbocycles. The minimum atomic E-state index is 0.686. The molecule has 5 heteroatoms. The number of nitrogens with one attached hydrogen (secondary N) is 1. The topological polar surface area (TPSA) is 31.6 Å². The summed E-state index contributed by atoms with van der Waals surface area (Å²) in [6.07, 6.45) is 3.76. The minimum Gasteiger partial charge on any atom is -0.467 e. The molecule has 2 rings (SSSR count). The normalized spacial score (nSPS) is 10.9. The number of hydrogen-bond acceptors (Lipinski definition) is 3. The SMILES string of the molecule is CCc1ccccc1NC(=S)N(CCCN(CC)CC)Cc1ccco1. The summed E-state index contributed by atoms with van der Waals surface area (Å²) in [4.78, 5) is 4.64. The lowest BCUT2D eigenvalue weighted by molar-refractivity contribution is 0.276. The van der Waals surface area contributed by atoms with Crippen molar-refractivity contribution in [3.05, 3.63) is 54.0 Å². The highest BCUT2D eigenvalue weighted by Crippen LogP contribution is 2.17. The van der Waals surface area contributed by atoms with E-state index in [9.17, 15) is 0 Å². The van der Waals surface area contributed by atoms with Gasteiger partial charge in [0.05, 0.1) is 12.8 Å². The van der Waals surface area contributed by atoms with Gasteiger partial charge in [-0.25, -0.2) is 0 Å². The average Bonchev–Trinajstić information content (AvgIpc) is 3.18. The fourth-order valence-corrected chi connectivity index (χ4v) is 3.28. The lowest BCUT2D eigenvalue weighted by Crippen LogP contribution is -2.37. The number of hydrogen-bond donors (Lipinski definition) is 1. The number of anilines is 1. The largest absolute Gasteiger partial charge is 0.467 e. The second-order valence-electron chi connectivity index (χ2n) is 6.32. The van der Waals surface area contributed by atoms with Gasteiger partial charge in [0, 0.05) is 12.2 Å². The molecule has 0 atom stereocenters. The molecule has 0 aliphatic carbocycles. The Morgan fingerprint density at radius 3 is 2.46 bits per heavy atom. The molecule has 0 aliphatic heterocycles. The third-order valence-electron chi connectivity index (χ3n) is 4.65. The van der Waals surface area contributed by atoms with Crippen molar-refractivity contribution in [3.8, 4) is 0 Å². The van der Waals surface area contributed by atoms with E-state index in [2.05, 4.69) is 54.1 Å². The van der Waals surface area contributed by atoms with E-state index in [0.717, 1.165) is 55.6 Å². The van der Waals surface area contributed by atoms with Gasteiger partial charge in [-0.2, -0.15) is 0 Å². The van der Waals surface area contributed by atoms with Crippen LogP contribution >= 0.6 is 12.2 Å². The molecule has 1 aromatic heterocycles. The number of benzene rings is 1. The number of furan rings is 1. The van der Waals surface area contributed by atoms with Crippen LogP contribution in [0.3, 0.4) is 0 Å². The Morgan fingerprint density at radius 1 is 1.04 bits per heavy atom. The molecular formula is C21H31N3OS. The molecule has 142 valence electrons. The smallest absolute Gasteiger partial charge is 0.173 e. The zero-order chi connectivity index (χ0) is 18.8. The standard InChI is InChI=1S/C21H31N3OS/c1-4-18-11-7-8-13-20(18)22-21(26)24(17-19-12-9-16-25-19)15-10-14-23(5-2)6-3/h7-9,11-13,16H,4-6,10,14-15,17H2,1-3H3,(H,22,26). The summed E-state index contributed by atoms with van der Waals surface area (Å²) in [7, 11) is 0. The summed E-state index contributed by atoms with van der Waals surface area (Å²) in [5, 5.41) is 4.19. The first kappa shape index (κ1) is 20.5. The van der Waals surface area contributed by atoms with E-state index in [-0.39, 0.29) is 0 Å². The minimum absolute atomic E-state index is 0.686. The van der Waals surface area contributed by atoms with Gasteiger partial charge in [0.1, 0.15) is 5.76 Å². The first-order valence-electron chi connectivity index (χ1n) is 9.56. The molecule has 0 aliphatic rings. The highest BCUT2D eigenvalue weighted by Gasteiger charge is 2.14. The average molecular weight is 374 g/mol. The summed E-state index contributed by atoms with van der Waals surface area (Å²) in [5.74, 6) is 0.931. The Bertz CT molecular complexity index is 653. The quantitative estimate of drug-likeness (QED) is 0.606. The molecule has 2 aromatic rings. The van der Waals surface area contributed by atoms with E-state index in [1.807, 2.05) is 18.2 Å². The molecule has 1 heterocycles. The summed E-state index contributed by atoms with van der Waals surface area (Å²) in [5.41, 5.74) is 2.36. The van der Waals surface area contributed by atoms with Crippen molar-refractivity contribution in [1.82, 2.24) is 9.80 Å². The lowest BCUT2D eigenvalue weighted by atomic mass is 10.1. The van der Waals surface area contributed by atoms with Crippen LogP contribution < -0.4 is 5.32 Å². The van der Waals surface area contributed by atoms with Gasteiger partial charge in [0.25, 0.3) is 0 Å². The molecule has 0 radical (unpaired) electrons. The summed E-state index contributed by atoms with van der Waals surface area (Å²) in [6.45, 7) is 11.4. The van der Waals surface area contributed by atoms with Crippen LogP contribution in [0.1, 0.15) is 38.5 Å². The van der Waals surface area contributed by atoms with Gasteiger partial charge in [0.15, 0.2) is 5.11 Å². The maximum absolute atomic E-state index is 5.73. The molecule has 0 bridgehead atoms. The third-order valence-corrected chi connectivity index (χ3v) is 5.01. The van der Waals surface area contributed by atoms with Crippen molar-refractivity contribution < 1.29 is 4.42 Å². The zero-order valence-corrected chi connectivity index (χ0v) is 17.0. The van der Waals surface area contributed by atoms with Crippen molar-refractivity contribution in [2.75, 3.05) is 31.5 Å². The van der Waals surface area contributed by atoms with Crippen LogP contribution in [0.25, 0.3) is 0 Å². The first-order chi connectivity index (χ1) is 12.7. The summed E-state index contributed by atoms with van der Waals surface area (Å²) >= 11 is 5.73. The van der Waals surface area contributed by atoms with Crippen molar-refractivity contribution in [2.24, 2.45) is 0 Å². The van der Waals surface area contributed by atoms with E-state index in [0.29, 0.717) is 6.54 Å². The van der Waals surface area contributed by atoms with Crippen molar-refractivity contribution in [1.29, 1.82) is 0 Å². The predicted molar refractivity (Wildman–Crippen MR) is 114 cm³/mol. The first-order valence-corrected chi connectivity index (χ1v) is 9.97. The molecule has 0 spiro atoms. The van der Waals surface area contributed by atoms with Crippen LogP contribution in [0.15, 0.2) is 47.1 Å². The van der Waals surface area contributed by atoms with Gasteiger partial charge < -0.3 is 19.5 Å². The molecular weight excluding hydrogens is 342 g/mol. The fraction of sp³-hybridized carbons (Fsp3) is 0.476. The van der Waals surface area contributed by atoms with Gasteiger partial charge in [-0.15, -0.1) is 0 Å². The number of aryl methyl sites for hydroxylation is 1. The van der Waals surface area contributed by atoms with E-state index in [1.165, 1.54) is 5.56 Å². The van der Waals surface area contributed by atoms with E-state index < -0.39 is 0 Å². The van der Waals surface area contributed by atoms with Crippen molar-refractivity contribution in [2.45, 2.75) is 40.2 Å². The van der Waals surface area contributed by atoms with Crippen LogP contribution in [0.4, 0.5) is 5.69 Å². The second kappa shape index (κ2) is 11.0. The lowest BCUT2D eigenvalue weighted by Gasteiger charge is -2.27. The van der Waals surface area contributed by atoms with Gasteiger partial charge in [-0.05, 0) is 68.5 Å². The molecule has 4 nitrogen and oxygen atoms in total. The van der Waals surface area contributed by atoms with Crippen molar-refractivity contribution in [3.63, 3.8) is 0 Å².